The molecule has 0 amide bonds. The molecule has 2 unspecified atom stereocenters. The fourth-order valence-corrected chi connectivity index (χ4v) is 5.79. The average molecular weight is 473 g/mol. The van der Waals surface area contributed by atoms with Crippen LogP contribution < -0.4 is 5.01 Å². The van der Waals surface area contributed by atoms with Gasteiger partial charge < -0.3 is 0 Å². The van der Waals surface area contributed by atoms with E-state index in [1.54, 1.807) is 19.1 Å². The van der Waals surface area contributed by atoms with Crippen molar-refractivity contribution in [3.8, 4) is 0 Å². The van der Waals surface area contributed by atoms with E-state index in [0.29, 0.717) is 4.88 Å². The van der Waals surface area contributed by atoms with Crippen molar-refractivity contribution in [1.82, 2.24) is 4.98 Å². The standard InChI is InChI=1S/C26H24N4O3S/c1-16-25(17(2)31)34-26(27-16)29-24(19-7-4-3-5-8-19)22-10-6-9-20(23(22)28-29)15-18-11-13-21(14-12-18)30(32)33/h3-5,7-8,11-15,22,24H,6,9-10H2,1-2H3/b20-15+. The molecule has 0 saturated heterocycles. The lowest BCUT2D eigenvalue weighted by atomic mass is 9.77. The molecule has 1 aliphatic heterocycles. The van der Waals surface area contributed by atoms with E-state index in [2.05, 4.69) is 18.2 Å². The third kappa shape index (κ3) is 4.05. The number of hydrogen-bond acceptors (Lipinski definition) is 7. The molecule has 8 heteroatoms. The van der Waals surface area contributed by atoms with Crippen LogP contribution in [0.2, 0.25) is 0 Å². The van der Waals surface area contributed by atoms with Crippen LogP contribution in [0.4, 0.5) is 10.8 Å². The van der Waals surface area contributed by atoms with Crippen molar-refractivity contribution in [1.29, 1.82) is 0 Å². The monoisotopic (exact) mass is 472 g/mol. The Morgan fingerprint density at radius 3 is 2.56 bits per heavy atom. The highest BCUT2D eigenvalue weighted by Crippen LogP contribution is 2.47. The lowest BCUT2D eigenvalue weighted by Gasteiger charge is -2.29. The van der Waals surface area contributed by atoms with E-state index in [9.17, 15) is 14.9 Å². The largest absolute Gasteiger partial charge is 0.294 e. The number of carbonyl (C=O) groups is 1. The fourth-order valence-electron chi connectivity index (χ4n) is 4.84. The van der Waals surface area contributed by atoms with Gasteiger partial charge in [-0.15, -0.1) is 0 Å². The van der Waals surface area contributed by atoms with Gasteiger partial charge in [-0.25, -0.2) is 9.99 Å². The van der Waals surface area contributed by atoms with Crippen molar-refractivity contribution in [2.45, 2.75) is 39.2 Å². The summed E-state index contributed by atoms with van der Waals surface area (Å²) < 4.78 is 0. The Kier molecular flexibility index (Phi) is 5.83. The topological polar surface area (TPSA) is 88.7 Å². The third-order valence-corrected chi connectivity index (χ3v) is 7.64. The summed E-state index contributed by atoms with van der Waals surface area (Å²) in [5, 5.41) is 18.8. The lowest BCUT2D eigenvalue weighted by molar-refractivity contribution is -0.384. The first-order valence-corrected chi connectivity index (χ1v) is 12.1. The van der Waals surface area contributed by atoms with Crippen molar-refractivity contribution in [3.05, 3.63) is 92.0 Å². The number of non-ortho nitro benzene ring substituents is 1. The van der Waals surface area contributed by atoms with Gasteiger partial charge in [-0.2, -0.15) is 5.10 Å². The number of benzene rings is 2. The number of nitrogens with zero attached hydrogens (tertiary/aromatic N) is 4. The number of allylic oxidation sites excluding steroid dienone is 1. The summed E-state index contributed by atoms with van der Waals surface area (Å²) in [7, 11) is 0. The second-order valence-corrected chi connectivity index (χ2v) is 9.65. The van der Waals surface area contributed by atoms with Gasteiger partial charge in [0.25, 0.3) is 5.69 Å². The SMILES string of the molecule is CC(=O)c1sc(N2N=C3/C(=C/c4ccc([N+](=O)[O-])cc4)CCCC3C2c2ccccc2)nc1C. The Morgan fingerprint density at radius 1 is 1.18 bits per heavy atom. The number of fused-ring (bicyclic) bond motifs is 1. The molecule has 1 aliphatic carbocycles. The molecule has 7 nitrogen and oxygen atoms in total. The molecule has 2 aromatic carbocycles. The molecule has 1 saturated carbocycles. The predicted octanol–water partition coefficient (Wildman–Crippen LogP) is 6.36. The molecule has 2 heterocycles. The summed E-state index contributed by atoms with van der Waals surface area (Å²) >= 11 is 1.39. The normalized spacial score (nSPS) is 20.8. The van der Waals surface area contributed by atoms with Crippen molar-refractivity contribution in [2.24, 2.45) is 11.0 Å². The maximum Gasteiger partial charge on any atom is 0.269 e. The number of hydrazone groups is 1. The van der Waals surface area contributed by atoms with E-state index in [4.69, 9.17) is 10.1 Å². The van der Waals surface area contributed by atoms with Gasteiger partial charge in [0.1, 0.15) is 0 Å². The molecule has 0 radical (unpaired) electrons. The van der Waals surface area contributed by atoms with Crippen LogP contribution >= 0.6 is 11.3 Å². The second kappa shape index (κ2) is 8.95. The number of Topliss-reactive ketones (excluding diaryl/α,β-unsaturated/α-hetero) is 1. The third-order valence-electron chi connectivity index (χ3n) is 6.39. The zero-order valence-electron chi connectivity index (χ0n) is 19.0. The van der Waals surface area contributed by atoms with E-state index < -0.39 is 0 Å². The van der Waals surface area contributed by atoms with Gasteiger partial charge in [-0.05, 0) is 61.1 Å². The maximum atomic E-state index is 12.1. The number of hydrogen-bond donors (Lipinski definition) is 0. The van der Waals surface area contributed by atoms with Gasteiger partial charge in [-0.3, -0.25) is 14.9 Å². The number of aromatic nitrogens is 1. The van der Waals surface area contributed by atoms with Crippen LogP contribution in [0.5, 0.6) is 0 Å². The first-order valence-electron chi connectivity index (χ1n) is 11.3. The summed E-state index contributed by atoms with van der Waals surface area (Å²) in [4.78, 5) is 28.1. The van der Waals surface area contributed by atoms with Gasteiger partial charge in [0.05, 0.1) is 27.2 Å². The Hall–Kier alpha value is -3.65. The van der Waals surface area contributed by atoms with Crippen molar-refractivity contribution in [2.75, 3.05) is 5.01 Å². The van der Waals surface area contributed by atoms with Gasteiger partial charge in [0.2, 0.25) is 5.13 Å². The Balaban J connectivity index is 1.57. The average Bonchev–Trinajstić information content (AvgIpc) is 3.41. The van der Waals surface area contributed by atoms with Crippen LogP contribution in [0.3, 0.4) is 0 Å². The van der Waals surface area contributed by atoms with Crippen LogP contribution in [-0.4, -0.2) is 21.4 Å². The van der Waals surface area contributed by atoms with Crippen LogP contribution in [0, 0.1) is 23.0 Å². The number of aryl methyl sites for hydroxylation is 1. The van der Waals surface area contributed by atoms with Gasteiger partial charge >= 0.3 is 0 Å². The molecule has 0 bridgehead atoms. The molecule has 5 rings (SSSR count). The van der Waals surface area contributed by atoms with Crippen molar-refractivity contribution >= 4 is 39.7 Å². The highest BCUT2D eigenvalue weighted by Gasteiger charge is 2.43. The highest BCUT2D eigenvalue weighted by molar-refractivity contribution is 7.17. The van der Waals surface area contributed by atoms with Crippen molar-refractivity contribution < 1.29 is 9.72 Å². The molecule has 34 heavy (non-hydrogen) atoms. The van der Waals surface area contributed by atoms with E-state index >= 15 is 0 Å². The quantitative estimate of drug-likeness (QED) is 0.245. The minimum Gasteiger partial charge on any atom is -0.294 e. The van der Waals surface area contributed by atoms with Crippen LogP contribution in [0.25, 0.3) is 6.08 Å². The van der Waals surface area contributed by atoms with Crippen LogP contribution in [0.15, 0.2) is 65.3 Å². The van der Waals surface area contributed by atoms with Gasteiger partial charge in [0, 0.05) is 25.0 Å². The van der Waals surface area contributed by atoms with E-state index in [1.165, 1.54) is 29.0 Å². The summed E-state index contributed by atoms with van der Waals surface area (Å²) in [5.41, 5.74) is 5.08. The molecule has 172 valence electrons. The first-order chi connectivity index (χ1) is 16.4. The van der Waals surface area contributed by atoms with Crippen LogP contribution in [0.1, 0.15) is 58.7 Å². The number of nitro groups is 1. The fraction of sp³-hybridized carbons (Fsp3) is 0.269. The Labute approximate surface area is 201 Å². The Bertz CT molecular complexity index is 1310. The first kappa shape index (κ1) is 22.2. The zero-order valence-corrected chi connectivity index (χ0v) is 19.8. The molecular weight excluding hydrogens is 448 g/mol. The molecule has 1 fully saturated rings. The molecule has 3 aromatic rings. The number of nitro benzene ring substituents is 1. The van der Waals surface area contributed by atoms with Gasteiger partial charge in [-0.1, -0.05) is 41.7 Å². The smallest absolute Gasteiger partial charge is 0.269 e. The maximum absolute atomic E-state index is 12.1. The minimum atomic E-state index is -0.387. The second-order valence-electron chi connectivity index (χ2n) is 8.67. The summed E-state index contributed by atoms with van der Waals surface area (Å²) in [5.74, 6) is 0.214. The predicted molar refractivity (Wildman–Crippen MR) is 134 cm³/mol. The number of ketones is 1. The number of carbonyl (C=O) groups excluding carboxylic acids is 1. The van der Waals surface area contributed by atoms with Crippen molar-refractivity contribution in [3.63, 3.8) is 0 Å². The molecular formula is C26H24N4O3S. The van der Waals surface area contributed by atoms with E-state index in [-0.39, 0.29) is 28.4 Å². The zero-order chi connectivity index (χ0) is 23.8. The summed E-state index contributed by atoms with van der Waals surface area (Å²) in [6.45, 7) is 3.43. The summed E-state index contributed by atoms with van der Waals surface area (Å²) in [6.07, 6.45) is 5.04. The van der Waals surface area contributed by atoms with E-state index in [0.717, 1.165) is 46.9 Å². The summed E-state index contributed by atoms with van der Waals surface area (Å²) in [6, 6.07) is 16.9. The number of thiazole rings is 1. The molecule has 0 spiro atoms. The minimum absolute atomic E-state index is 0.00196. The van der Waals surface area contributed by atoms with Crippen LogP contribution in [-0.2, 0) is 0 Å². The van der Waals surface area contributed by atoms with Gasteiger partial charge in [0.15, 0.2) is 5.78 Å². The molecule has 1 aromatic heterocycles. The van der Waals surface area contributed by atoms with E-state index in [1.807, 2.05) is 30.1 Å². The molecule has 0 N–H and O–H groups in total. The number of anilines is 1. The Morgan fingerprint density at radius 2 is 1.91 bits per heavy atom. The molecule has 2 atom stereocenters. The number of rotatable bonds is 5. The molecule has 2 aliphatic rings. The highest BCUT2D eigenvalue weighted by atomic mass is 32.1. The lowest BCUT2D eigenvalue weighted by Crippen LogP contribution is -2.28.